The average Bonchev–Trinajstić information content (AvgIpc) is 3.81. The van der Waals surface area contributed by atoms with Crippen molar-refractivity contribution in [2.45, 2.75) is 75.4 Å². The van der Waals surface area contributed by atoms with Gasteiger partial charge in [0.25, 0.3) is 0 Å². The Labute approximate surface area is 345 Å². The molecule has 6 heterocycles. The molecule has 62 heavy (non-hydrogen) atoms. The number of halogens is 12. The van der Waals surface area contributed by atoms with Crippen molar-refractivity contribution in [2.24, 2.45) is 33.7 Å². The van der Waals surface area contributed by atoms with Crippen molar-refractivity contribution in [3.63, 3.8) is 0 Å². The van der Waals surface area contributed by atoms with Crippen LogP contribution in [0.5, 0.6) is 0 Å². The van der Waals surface area contributed by atoms with Crippen molar-refractivity contribution in [2.75, 3.05) is 49.1 Å². The van der Waals surface area contributed by atoms with E-state index in [9.17, 15) is 72.5 Å². The first-order chi connectivity index (χ1) is 28.9. The molecule has 0 amide bonds. The first kappa shape index (κ1) is 45.2. The van der Waals surface area contributed by atoms with Crippen LogP contribution in [-0.4, -0.2) is 107 Å². The molecular formula is C40H38F12N6O4. The summed E-state index contributed by atoms with van der Waals surface area (Å²) < 4.78 is 158. The van der Waals surface area contributed by atoms with Crippen LogP contribution in [0.15, 0.2) is 68.9 Å². The van der Waals surface area contributed by atoms with Crippen molar-refractivity contribution < 1.29 is 72.5 Å². The van der Waals surface area contributed by atoms with Gasteiger partial charge in [0, 0.05) is 74.7 Å². The Bertz CT molecular complexity index is 2010. The molecule has 6 aliphatic rings. The molecule has 2 aliphatic carbocycles. The fourth-order valence-electron chi connectivity index (χ4n) is 9.07. The van der Waals surface area contributed by atoms with Crippen molar-refractivity contribution in [3.8, 4) is 0 Å². The molecule has 2 aromatic rings. The highest BCUT2D eigenvalue weighted by Gasteiger charge is 2.56. The molecule has 22 heteroatoms. The Hall–Kier alpha value is -4.86. The molecule has 4 aliphatic heterocycles. The minimum absolute atomic E-state index is 0.0242. The van der Waals surface area contributed by atoms with Crippen LogP contribution in [0.4, 0.5) is 64.3 Å². The van der Waals surface area contributed by atoms with E-state index in [1.54, 1.807) is 9.80 Å². The number of aliphatic hydroxyl groups is 2. The van der Waals surface area contributed by atoms with E-state index in [0.717, 1.165) is 24.5 Å². The number of hydrogen-bond donors (Lipinski definition) is 2. The summed E-state index contributed by atoms with van der Waals surface area (Å²) in [5, 5.41) is 19.9. The van der Waals surface area contributed by atoms with Gasteiger partial charge in [0.1, 0.15) is 35.7 Å². The molecule has 8 rings (SSSR count). The number of Topliss-reactive ketones (excluding diaryl/α,β-unsaturated/α-hetero) is 2. The van der Waals surface area contributed by atoms with Crippen LogP contribution in [0.2, 0.25) is 0 Å². The van der Waals surface area contributed by atoms with Gasteiger partial charge in [0.15, 0.2) is 11.6 Å². The summed E-state index contributed by atoms with van der Waals surface area (Å²) in [4.78, 5) is 43.6. The fraction of sp³-hybridized carbons (Fsp3) is 0.550. The van der Waals surface area contributed by atoms with Gasteiger partial charge in [-0.15, -0.1) is 0 Å². The van der Waals surface area contributed by atoms with E-state index in [1.807, 2.05) is 0 Å². The molecule has 4 atom stereocenters. The lowest BCUT2D eigenvalue weighted by Gasteiger charge is -2.36. The maximum atomic E-state index is 13.6. The van der Waals surface area contributed by atoms with E-state index >= 15 is 0 Å². The van der Waals surface area contributed by atoms with Gasteiger partial charge < -0.3 is 20.0 Å². The molecule has 336 valence electrons. The minimum atomic E-state index is -4.77. The van der Waals surface area contributed by atoms with Crippen molar-refractivity contribution >= 4 is 34.6 Å². The van der Waals surface area contributed by atoms with E-state index in [-0.39, 0.29) is 48.9 Å². The van der Waals surface area contributed by atoms with Crippen LogP contribution >= 0.6 is 0 Å². The number of carbonyl (C=O) groups is 2. The third-order valence-corrected chi connectivity index (χ3v) is 12.1. The van der Waals surface area contributed by atoms with E-state index in [4.69, 9.17) is 0 Å². The summed E-state index contributed by atoms with van der Waals surface area (Å²) in [5.41, 5.74) is -0.577. The zero-order valence-corrected chi connectivity index (χ0v) is 32.3. The monoisotopic (exact) mass is 894 g/mol. The number of nitrogens with zero attached hydrogens (tertiary/aromatic N) is 6. The number of ketones is 2. The lowest BCUT2D eigenvalue weighted by Crippen LogP contribution is -2.46. The molecule has 2 aromatic heterocycles. The van der Waals surface area contributed by atoms with Crippen molar-refractivity contribution in [3.05, 3.63) is 70.1 Å². The predicted molar refractivity (Wildman–Crippen MR) is 197 cm³/mol. The number of piperidine rings is 2. The van der Waals surface area contributed by atoms with Gasteiger partial charge in [-0.3, -0.25) is 19.6 Å². The van der Waals surface area contributed by atoms with Crippen molar-refractivity contribution in [1.82, 2.24) is 9.97 Å². The van der Waals surface area contributed by atoms with Gasteiger partial charge >= 0.3 is 24.7 Å². The highest BCUT2D eigenvalue weighted by Crippen LogP contribution is 2.47. The van der Waals surface area contributed by atoms with Gasteiger partial charge in [0.2, 0.25) is 0 Å². The Morgan fingerprint density at radius 2 is 0.871 bits per heavy atom. The van der Waals surface area contributed by atoms with E-state index < -0.39 is 71.4 Å². The lowest BCUT2D eigenvalue weighted by molar-refractivity contribution is -0.191. The average molecular weight is 895 g/mol. The summed E-state index contributed by atoms with van der Waals surface area (Å²) in [7, 11) is 0. The SMILES string of the molecule is O=C1CC2=C(C(C3CCN(c4ccc(C(F)(F)F)cn4)CC3)=NC2)[C@@H](C(F)(F)F)[C@H]1O.O=C1CC2=C(C(C3CCN(c4ccc(C(F)(F)F)cn4)CC3)=NC2)[C@H](C(F)(F)F)[C@@H]1O. The third-order valence-electron chi connectivity index (χ3n) is 12.1. The van der Waals surface area contributed by atoms with Crippen LogP contribution < -0.4 is 9.80 Å². The van der Waals surface area contributed by atoms with Crippen LogP contribution in [-0.2, 0) is 21.9 Å². The predicted octanol–water partition coefficient (Wildman–Crippen LogP) is 7.16. The highest BCUT2D eigenvalue weighted by atomic mass is 19.4. The minimum Gasteiger partial charge on any atom is -0.384 e. The number of pyridine rings is 2. The van der Waals surface area contributed by atoms with Crippen LogP contribution in [0.25, 0.3) is 0 Å². The van der Waals surface area contributed by atoms with Crippen LogP contribution in [0.3, 0.4) is 0 Å². The zero-order chi connectivity index (χ0) is 45.1. The van der Waals surface area contributed by atoms with E-state index in [0.29, 0.717) is 86.1 Å². The normalized spacial score (nSPS) is 25.7. The van der Waals surface area contributed by atoms with Gasteiger partial charge in [-0.05, 0) is 72.2 Å². The summed E-state index contributed by atoms with van der Waals surface area (Å²) >= 11 is 0. The second-order valence-corrected chi connectivity index (χ2v) is 16.0. The second kappa shape index (κ2) is 16.7. The molecule has 10 nitrogen and oxygen atoms in total. The molecule has 0 radical (unpaired) electrons. The number of aliphatic hydroxyl groups excluding tert-OH is 2. The van der Waals surface area contributed by atoms with Gasteiger partial charge in [-0.25, -0.2) is 9.97 Å². The first-order valence-corrected chi connectivity index (χ1v) is 19.6. The zero-order valence-electron chi connectivity index (χ0n) is 32.3. The smallest absolute Gasteiger partial charge is 0.384 e. The molecule has 0 spiro atoms. The van der Waals surface area contributed by atoms with Crippen LogP contribution in [0, 0.1) is 23.7 Å². The summed E-state index contributed by atoms with van der Waals surface area (Å²) in [6.07, 6.45) is -20.0. The van der Waals surface area contributed by atoms with E-state index in [2.05, 4.69) is 20.0 Å². The number of anilines is 2. The first-order valence-electron chi connectivity index (χ1n) is 19.6. The Kier molecular flexibility index (Phi) is 12.2. The van der Waals surface area contributed by atoms with Crippen LogP contribution in [0.1, 0.15) is 49.7 Å². The van der Waals surface area contributed by atoms with E-state index in [1.165, 1.54) is 12.1 Å². The van der Waals surface area contributed by atoms with Gasteiger partial charge in [0.05, 0.1) is 24.2 Å². The van der Waals surface area contributed by atoms with Crippen molar-refractivity contribution in [1.29, 1.82) is 0 Å². The largest absolute Gasteiger partial charge is 0.417 e. The summed E-state index contributed by atoms with van der Waals surface area (Å²) in [6, 6.07) is 4.45. The summed E-state index contributed by atoms with van der Waals surface area (Å²) in [6.45, 7) is 1.62. The van der Waals surface area contributed by atoms with Gasteiger partial charge in [-0.1, -0.05) is 0 Å². The maximum absolute atomic E-state index is 13.6. The molecule has 0 aromatic carbocycles. The molecule has 2 N–H and O–H groups in total. The number of rotatable bonds is 4. The fourth-order valence-corrected chi connectivity index (χ4v) is 9.07. The molecular weight excluding hydrogens is 856 g/mol. The molecule has 2 saturated heterocycles. The topological polar surface area (TPSA) is 132 Å². The summed E-state index contributed by atoms with van der Waals surface area (Å²) in [5.74, 6) is -6.06. The van der Waals surface area contributed by atoms with Gasteiger partial charge in [-0.2, -0.15) is 52.7 Å². The lowest BCUT2D eigenvalue weighted by atomic mass is 9.74. The Balaban J connectivity index is 0.000000186. The molecule has 0 unspecified atom stereocenters. The molecule has 0 bridgehead atoms. The number of carbonyl (C=O) groups excluding carboxylic acids is 2. The second-order valence-electron chi connectivity index (χ2n) is 16.0. The maximum Gasteiger partial charge on any atom is 0.417 e. The highest BCUT2D eigenvalue weighted by molar-refractivity contribution is 6.09. The quantitative estimate of drug-likeness (QED) is 0.310. The number of alkyl halides is 12. The molecule has 2 fully saturated rings. The number of aromatic nitrogens is 2. The molecule has 0 saturated carbocycles. The standard InChI is InChI=1S/2C20H19F6N3O2/c2*21-19(22,23)12-1-2-14(27-9-12)29-5-3-10(4-6-29)17-15-11(8-28-17)7-13(30)18(31)16(15)20(24,25)26/h2*1-2,9-10,16,18,31H,3-8H2/t2*16-,18+/m10/s1. The third kappa shape index (κ3) is 9.12. The number of aliphatic imine (C=N–C) groups is 2. The Morgan fingerprint density at radius 1 is 0.532 bits per heavy atom. The number of hydrogen-bond acceptors (Lipinski definition) is 10. The Morgan fingerprint density at radius 3 is 1.15 bits per heavy atom.